The van der Waals surface area contributed by atoms with Crippen molar-refractivity contribution in [2.24, 2.45) is 0 Å². The number of hydrogen-bond donors (Lipinski definition) is 0. The van der Waals surface area contributed by atoms with Crippen molar-refractivity contribution in [3.8, 4) is 0 Å². The Hall–Kier alpha value is -2.92. The molecule has 1 aliphatic rings. The van der Waals surface area contributed by atoms with Gasteiger partial charge in [-0.05, 0) is 16.7 Å². The molecule has 0 spiro atoms. The number of nitrogens with zero attached hydrogens (tertiary/aromatic N) is 1. The predicted octanol–water partition coefficient (Wildman–Crippen LogP) is 5.67. The number of benzene rings is 3. The van der Waals surface area contributed by atoms with E-state index < -0.39 is 35.6 Å². The lowest BCUT2D eigenvalue weighted by atomic mass is 9.96. The lowest BCUT2D eigenvalue weighted by Gasteiger charge is -2.42. The smallest absolute Gasteiger partial charge is 0.291 e. The molecular formula is C30H32BrNO7. The summed E-state index contributed by atoms with van der Waals surface area (Å²) in [5.41, 5.74) is 2.81. The van der Waals surface area contributed by atoms with Gasteiger partial charge in [-0.25, -0.2) is 0 Å². The second-order valence-corrected chi connectivity index (χ2v) is 10.3. The molecule has 0 amide bonds. The third kappa shape index (κ3) is 8.79. The van der Waals surface area contributed by atoms with Crippen LogP contribution in [0.2, 0.25) is 0 Å². The van der Waals surface area contributed by atoms with Crippen LogP contribution in [0, 0.1) is 10.1 Å². The van der Waals surface area contributed by atoms with Gasteiger partial charge >= 0.3 is 0 Å². The normalized spacial score (nSPS) is 22.8. The van der Waals surface area contributed by atoms with Crippen molar-refractivity contribution >= 4 is 15.9 Å². The average Bonchev–Trinajstić information content (AvgIpc) is 2.95. The van der Waals surface area contributed by atoms with E-state index in [0.29, 0.717) is 11.1 Å². The summed E-state index contributed by atoms with van der Waals surface area (Å²) in [6.07, 6.45) is -3.66. The maximum absolute atomic E-state index is 12.4. The third-order valence-corrected chi connectivity index (χ3v) is 6.46. The molecule has 3 aromatic carbocycles. The van der Waals surface area contributed by atoms with Gasteiger partial charge in [0.2, 0.25) is 6.29 Å². The van der Waals surface area contributed by atoms with Crippen LogP contribution in [0.1, 0.15) is 16.7 Å². The largest absolute Gasteiger partial charge is 0.374 e. The van der Waals surface area contributed by atoms with Crippen LogP contribution >= 0.6 is 15.9 Å². The summed E-state index contributed by atoms with van der Waals surface area (Å²) in [6, 6.07) is 27.5. The van der Waals surface area contributed by atoms with E-state index in [1.807, 2.05) is 91.0 Å². The highest BCUT2D eigenvalue weighted by atomic mass is 79.9. The zero-order valence-electron chi connectivity index (χ0n) is 21.5. The summed E-state index contributed by atoms with van der Waals surface area (Å²) in [5.74, 6) is 0. The SMILES string of the molecule is C=C(Br)COC1O[C@H](COCc2ccccc2)[C@H](OCc2ccccc2)[C@H](OCc2ccccc2)[C@H]1[N+](=O)[O-]. The minimum atomic E-state index is -1.34. The fourth-order valence-corrected chi connectivity index (χ4v) is 4.48. The summed E-state index contributed by atoms with van der Waals surface area (Å²) in [4.78, 5) is 12.0. The molecule has 0 radical (unpaired) electrons. The summed E-state index contributed by atoms with van der Waals surface area (Å²) in [5, 5.41) is 12.4. The van der Waals surface area contributed by atoms with Crippen LogP contribution in [0.15, 0.2) is 102 Å². The molecule has 9 heteroatoms. The van der Waals surface area contributed by atoms with Crippen molar-refractivity contribution in [3.05, 3.63) is 129 Å². The summed E-state index contributed by atoms with van der Waals surface area (Å²) in [7, 11) is 0. The van der Waals surface area contributed by atoms with E-state index in [0.717, 1.165) is 16.7 Å². The molecule has 1 heterocycles. The quantitative estimate of drug-likeness (QED) is 0.175. The summed E-state index contributed by atoms with van der Waals surface area (Å²) >= 11 is 3.25. The number of hydrogen-bond acceptors (Lipinski definition) is 7. The third-order valence-electron chi connectivity index (χ3n) is 6.23. The molecule has 1 unspecified atom stereocenters. The second kappa shape index (κ2) is 15.0. The van der Waals surface area contributed by atoms with Gasteiger partial charge in [-0.2, -0.15) is 0 Å². The van der Waals surface area contributed by atoms with Gasteiger partial charge < -0.3 is 23.7 Å². The van der Waals surface area contributed by atoms with Crippen molar-refractivity contribution in [3.63, 3.8) is 0 Å². The Bertz CT molecular complexity index is 1170. The molecule has 206 valence electrons. The fourth-order valence-electron chi connectivity index (χ4n) is 4.35. The first kappa shape index (κ1) is 29.1. The van der Waals surface area contributed by atoms with Gasteiger partial charge in [0.15, 0.2) is 6.10 Å². The lowest BCUT2D eigenvalue weighted by molar-refractivity contribution is -0.576. The Kier molecular flexibility index (Phi) is 11.2. The molecule has 0 aromatic heterocycles. The first-order chi connectivity index (χ1) is 19.0. The molecular weight excluding hydrogens is 566 g/mol. The Morgan fingerprint density at radius 2 is 1.28 bits per heavy atom. The Balaban J connectivity index is 1.59. The van der Waals surface area contributed by atoms with Crippen LogP contribution in [0.3, 0.4) is 0 Å². The van der Waals surface area contributed by atoms with Crippen LogP contribution < -0.4 is 0 Å². The van der Waals surface area contributed by atoms with Crippen molar-refractivity contribution in [1.82, 2.24) is 0 Å². The van der Waals surface area contributed by atoms with Gasteiger partial charge in [-0.3, -0.25) is 10.1 Å². The van der Waals surface area contributed by atoms with E-state index in [2.05, 4.69) is 22.5 Å². The maximum atomic E-state index is 12.4. The Morgan fingerprint density at radius 3 is 1.77 bits per heavy atom. The van der Waals surface area contributed by atoms with Crippen molar-refractivity contribution in [1.29, 1.82) is 0 Å². The Labute approximate surface area is 236 Å². The second-order valence-electron chi connectivity index (χ2n) is 9.17. The van der Waals surface area contributed by atoms with Crippen molar-refractivity contribution in [2.75, 3.05) is 13.2 Å². The van der Waals surface area contributed by atoms with Crippen LogP contribution in [-0.4, -0.2) is 48.8 Å². The molecule has 1 saturated heterocycles. The van der Waals surface area contributed by atoms with Gasteiger partial charge in [-0.1, -0.05) is 114 Å². The van der Waals surface area contributed by atoms with Crippen LogP contribution in [0.4, 0.5) is 0 Å². The molecule has 0 aliphatic carbocycles. The van der Waals surface area contributed by atoms with Gasteiger partial charge in [0.25, 0.3) is 6.04 Å². The van der Waals surface area contributed by atoms with Crippen LogP contribution in [0.25, 0.3) is 0 Å². The minimum absolute atomic E-state index is 0.0353. The monoisotopic (exact) mass is 597 g/mol. The fraction of sp³-hybridized carbons (Fsp3) is 0.333. The van der Waals surface area contributed by atoms with Crippen molar-refractivity contribution in [2.45, 2.75) is 50.5 Å². The van der Waals surface area contributed by atoms with E-state index in [4.69, 9.17) is 23.7 Å². The van der Waals surface area contributed by atoms with Crippen LogP contribution in [0.5, 0.6) is 0 Å². The molecule has 0 saturated carbocycles. The van der Waals surface area contributed by atoms with E-state index in [9.17, 15) is 10.1 Å². The highest BCUT2D eigenvalue weighted by Gasteiger charge is 2.55. The number of rotatable bonds is 14. The number of halogens is 1. The van der Waals surface area contributed by atoms with Gasteiger partial charge in [0, 0.05) is 9.41 Å². The number of nitro groups is 1. The topological polar surface area (TPSA) is 89.3 Å². The predicted molar refractivity (Wildman–Crippen MR) is 150 cm³/mol. The van der Waals surface area contributed by atoms with E-state index in [1.54, 1.807) is 0 Å². The minimum Gasteiger partial charge on any atom is -0.374 e. The molecule has 4 rings (SSSR count). The first-order valence-electron chi connectivity index (χ1n) is 12.7. The Morgan fingerprint density at radius 1 is 0.795 bits per heavy atom. The molecule has 1 aliphatic heterocycles. The van der Waals surface area contributed by atoms with E-state index >= 15 is 0 Å². The van der Waals surface area contributed by atoms with Gasteiger partial charge in [-0.15, -0.1) is 0 Å². The molecule has 1 fully saturated rings. The van der Waals surface area contributed by atoms with E-state index in [1.165, 1.54) is 0 Å². The van der Waals surface area contributed by atoms with Crippen LogP contribution in [-0.2, 0) is 43.5 Å². The highest BCUT2D eigenvalue weighted by molar-refractivity contribution is 9.11. The molecule has 8 nitrogen and oxygen atoms in total. The molecule has 3 aromatic rings. The molecule has 0 bridgehead atoms. The average molecular weight is 598 g/mol. The molecule has 39 heavy (non-hydrogen) atoms. The molecule has 5 atom stereocenters. The van der Waals surface area contributed by atoms with Gasteiger partial charge in [0.05, 0.1) is 33.0 Å². The highest BCUT2D eigenvalue weighted by Crippen LogP contribution is 2.31. The zero-order valence-corrected chi connectivity index (χ0v) is 23.1. The molecule has 0 N–H and O–H groups in total. The maximum Gasteiger partial charge on any atom is 0.291 e. The summed E-state index contributed by atoms with van der Waals surface area (Å²) in [6.45, 7) is 4.67. The summed E-state index contributed by atoms with van der Waals surface area (Å²) < 4.78 is 31.1. The number of ether oxygens (including phenoxy) is 5. The zero-order chi connectivity index (χ0) is 27.5. The lowest BCUT2D eigenvalue weighted by Crippen LogP contribution is -2.63. The van der Waals surface area contributed by atoms with Gasteiger partial charge in [0.1, 0.15) is 12.2 Å². The standard InChI is InChI=1S/C30H32BrNO7/c1-22(31)17-38-30-27(32(33)34)29(37-20-25-15-9-4-10-16-25)28(36-19-24-13-7-3-8-14-24)26(39-30)21-35-18-23-11-5-2-6-12-23/h2-16,26-30H,1,17-21H2/t26-,27-,28+,29-,30?/m1/s1. The van der Waals surface area contributed by atoms with Crippen molar-refractivity contribution < 1.29 is 28.6 Å². The van der Waals surface area contributed by atoms with E-state index in [-0.39, 0.29) is 26.4 Å². The first-order valence-corrected chi connectivity index (χ1v) is 13.5.